The minimum atomic E-state index is -0.361. The van der Waals surface area contributed by atoms with Crippen molar-refractivity contribution >= 4 is 34.8 Å². The Hall–Kier alpha value is -2.24. The summed E-state index contributed by atoms with van der Waals surface area (Å²) in [6, 6.07) is 6.27. The summed E-state index contributed by atoms with van der Waals surface area (Å²) in [6.45, 7) is 1.74. The van der Waals surface area contributed by atoms with Gasteiger partial charge >= 0.3 is 0 Å². The summed E-state index contributed by atoms with van der Waals surface area (Å²) >= 11 is 11.8. The van der Waals surface area contributed by atoms with Crippen LogP contribution in [0.15, 0.2) is 42.7 Å². The molecule has 2 aromatic rings. The molecule has 0 saturated carbocycles. The summed E-state index contributed by atoms with van der Waals surface area (Å²) in [5.74, 6) is -0.484. The Morgan fingerprint density at radius 1 is 1.32 bits per heavy atom. The zero-order valence-corrected chi connectivity index (χ0v) is 13.1. The van der Waals surface area contributed by atoms with Crippen molar-refractivity contribution in [3.63, 3.8) is 0 Å². The molecule has 1 aromatic heterocycles. The van der Waals surface area contributed by atoms with Crippen molar-refractivity contribution < 1.29 is 9.90 Å². The van der Waals surface area contributed by atoms with Crippen LogP contribution in [0.5, 0.6) is 5.75 Å². The maximum Gasteiger partial charge on any atom is 0.271 e. The Bertz CT molecular complexity index is 718. The molecule has 1 heterocycles. The molecule has 0 bridgehead atoms. The monoisotopic (exact) mass is 337 g/mol. The Kier molecular flexibility index (Phi) is 5.25. The van der Waals surface area contributed by atoms with Gasteiger partial charge in [-0.05, 0) is 31.2 Å². The van der Waals surface area contributed by atoms with Gasteiger partial charge < -0.3 is 5.11 Å². The number of carbonyl (C=O) groups excluding carboxylic acids is 1. The van der Waals surface area contributed by atoms with Crippen molar-refractivity contribution in [3.8, 4) is 5.75 Å². The van der Waals surface area contributed by atoms with E-state index >= 15 is 0 Å². The van der Waals surface area contributed by atoms with Crippen LogP contribution in [-0.2, 0) is 0 Å². The second-order valence-corrected chi connectivity index (χ2v) is 5.15. The van der Waals surface area contributed by atoms with Gasteiger partial charge in [0.1, 0.15) is 5.75 Å². The molecule has 2 rings (SSSR count). The van der Waals surface area contributed by atoms with Gasteiger partial charge in [-0.3, -0.25) is 20.6 Å². The molecule has 22 heavy (non-hydrogen) atoms. The van der Waals surface area contributed by atoms with Crippen molar-refractivity contribution in [2.45, 2.75) is 6.92 Å². The molecular weight excluding hydrogens is 325 g/mol. The van der Waals surface area contributed by atoms with Crippen LogP contribution in [0.3, 0.4) is 0 Å². The molecule has 1 amide bonds. The average Bonchev–Trinajstić information content (AvgIpc) is 2.52. The van der Waals surface area contributed by atoms with E-state index in [9.17, 15) is 9.90 Å². The fraction of sp³-hybridized carbons (Fsp3) is 0.0667. The van der Waals surface area contributed by atoms with Crippen molar-refractivity contribution in [3.05, 3.63) is 63.9 Å². The number of pyridine rings is 1. The van der Waals surface area contributed by atoms with Crippen molar-refractivity contribution in [1.82, 2.24) is 15.8 Å². The van der Waals surface area contributed by atoms with Crippen LogP contribution in [0.2, 0.25) is 10.0 Å². The first-order valence-corrected chi connectivity index (χ1v) is 7.09. The fourth-order valence-corrected chi connectivity index (χ4v) is 2.25. The Labute approximate surface area is 137 Å². The largest absolute Gasteiger partial charge is 0.506 e. The highest BCUT2D eigenvalue weighted by Gasteiger charge is 2.13. The molecule has 5 nitrogen and oxygen atoms in total. The zero-order chi connectivity index (χ0) is 16.1. The van der Waals surface area contributed by atoms with Gasteiger partial charge in [0.15, 0.2) is 0 Å². The number of halogens is 2. The Morgan fingerprint density at radius 2 is 2.09 bits per heavy atom. The van der Waals surface area contributed by atoms with E-state index in [4.69, 9.17) is 23.2 Å². The van der Waals surface area contributed by atoms with E-state index in [1.165, 1.54) is 12.3 Å². The third-order valence-corrected chi connectivity index (χ3v) is 3.35. The smallest absolute Gasteiger partial charge is 0.271 e. The summed E-state index contributed by atoms with van der Waals surface area (Å²) in [7, 11) is 0. The quantitative estimate of drug-likeness (QED) is 0.747. The summed E-state index contributed by atoms with van der Waals surface area (Å²) < 4.78 is 0. The van der Waals surface area contributed by atoms with E-state index < -0.39 is 0 Å². The van der Waals surface area contributed by atoms with Crippen LogP contribution in [0.25, 0.3) is 5.70 Å². The number of allylic oxidation sites excluding steroid dienone is 1. The number of phenolic OH excluding ortho intramolecular Hbond substituents is 1. The van der Waals surface area contributed by atoms with E-state index in [-0.39, 0.29) is 16.7 Å². The zero-order valence-electron chi connectivity index (χ0n) is 11.6. The van der Waals surface area contributed by atoms with E-state index in [1.54, 1.807) is 37.4 Å². The number of aromatic hydroxyl groups is 1. The van der Waals surface area contributed by atoms with Crippen molar-refractivity contribution in [1.29, 1.82) is 0 Å². The van der Waals surface area contributed by atoms with Gasteiger partial charge in [-0.15, -0.1) is 0 Å². The predicted octanol–water partition coefficient (Wildman–Crippen LogP) is 3.39. The first-order chi connectivity index (χ1) is 10.5. The number of benzene rings is 1. The highest BCUT2D eigenvalue weighted by atomic mass is 35.5. The first-order valence-electron chi connectivity index (χ1n) is 6.34. The van der Waals surface area contributed by atoms with Crippen LogP contribution < -0.4 is 10.9 Å². The first kappa shape index (κ1) is 16.1. The maximum absolute atomic E-state index is 12.0. The third kappa shape index (κ3) is 3.69. The number of nitrogens with one attached hydrogen (secondary N) is 2. The van der Waals surface area contributed by atoms with Crippen LogP contribution >= 0.6 is 23.2 Å². The Morgan fingerprint density at radius 3 is 2.73 bits per heavy atom. The van der Waals surface area contributed by atoms with E-state index in [2.05, 4.69) is 15.8 Å². The normalized spacial score (nSPS) is 11.1. The van der Waals surface area contributed by atoms with Gasteiger partial charge in [0.2, 0.25) is 0 Å². The standard InChI is InChI=1S/C15H13Cl2N3O2/c1-2-13(11-6-10(16)7-12(17)14(11)21)19-20-15(22)9-4-3-5-18-8-9/h2-8,19,21H,1H3,(H,20,22)/b13-2+. The molecule has 0 aliphatic rings. The molecule has 1 aromatic carbocycles. The van der Waals surface area contributed by atoms with Gasteiger partial charge in [0, 0.05) is 23.0 Å². The summed E-state index contributed by atoms with van der Waals surface area (Å²) in [5.41, 5.74) is 6.50. The van der Waals surface area contributed by atoms with Crippen molar-refractivity contribution in [2.75, 3.05) is 0 Å². The van der Waals surface area contributed by atoms with Crippen LogP contribution in [-0.4, -0.2) is 16.0 Å². The SMILES string of the molecule is C/C=C(/NNC(=O)c1cccnc1)c1cc(Cl)cc(Cl)c1O. The fourth-order valence-electron chi connectivity index (χ4n) is 1.76. The number of aromatic nitrogens is 1. The molecule has 0 spiro atoms. The second-order valence-electron chi connectivity index (χ2n) is 4.31. The van der Waals surface area contributed by atoms with Gasteiger partial charge in [-0.2, -0.15) is 0 Å². The Balaban J connectivity index is 2.16. The van der Waals surface area contributed by atoms with E-state index in [1.807, 2.05) is 0 Å². The minimum absolute atomic E-state index is 0.123. The number of amides is 1. The lowest BCUT2D eigenvalue weighted by atomic mass is 10.1. The van der Waals surface area contributed by atoms with Crippen LogP contribution in [0.4, 0.5) is 0 Å². The highest BCUT2D eigenvalue weighted by molar-refractivity contribution is 6.36. The van der Waals surface area contributed by atoms with Gasteiger partial charge in [-0.1, -0.05) is 29.3 Å². The molecular formula is C15H13Cl2N3O2. The molecule has 0 radical (unpaired) electrons. The van der Waals surface area contributed by atoms with Gasteiger partial charge in [-0.25, -0.2) is 0 Å². The summed E-state index contributed by atoms with van der Waals surface area (Å²) in [6.07, 6.45) is 4.69. The molecule has 0 unspecified atom stereocenters. The van der Waals surface area contributed by atoms with Crippen LogP contribution in [0.1, 0.15) is 22.8 Å². The number of carbonyl (C=O) groups is 1. The molecule has 0 aliphatic carbocycles. The molecule has 114 valence electrons. The molecule has 0 saturated heterocycles. The number of hydrazine groups is 1. The topological polar surface area (TPSA) is 74.2 Å². The lowest BCUT2D eigenvalue weighted by Gasteiger charge is -2.14. The number of nitrogens with zero attached hydrogens (tertiary/aromatic N) is 1. The highest BCUT2D eigenvalue weighted by Crippen LogP contribution is 2.34. The van der Waals surface area contributed by atoms with Crippen LogP contribution in [0, 0.1) is 0 Å². The molecule has 0 atom stereocenters. The summed E-state index contributed by atoms with van der Waals surface area (Å²) in [5, 5.41) is 10.5. The maximum atomic E-state index is 12.0. The number of hydrogen-bond acceptors (Lipinski definition) is 4. The molecule has 3 N–H and O–H groups in total. The van der Waals surface area contributed by atoms with Crippen molar-refractivity contribution in [2.24, 2.45) is 0 Å². The van der Waals surface area contributed by atoms with E-state index in [0.29, 0.717) is 21.8 Å². The summed E-state index contributed by atoms with van der Waals surface area (Å²) in [4.78, 5) is 15.8. The number of phenols is 1. The van der Waals surface area contributed by atoms with Gasteiger partial charge in [0.05, 0.1) is 16.3 Å². The molecule has 7 heteroatoms. The minimum Gasteiger partial charge on any atom is -0.506 e. The lowest BCUT2D eigenvalue weighted by molar-refractivity contribution is 0.0942. The number of hydrogen-bond donors (Lipinski definition) is 3. The number of rotatable bonds is 4. The van der Waals surface area contributed by atoms with E-state index in [0.717, 1.165) is 0 Å². The predicted molar refractivity (Wildman–Crippen MR) is 86.6 cm³/mol. The third-order valence-electron chi connectivity index (χ3n) is 2.84. The lowest BCUT2D eigenvalue weighted by Crippen LogP contribution is -2.36. The molecule has 0 fully saturated rings. The second kappa shape index (κ2) is 7.15. The molecule has 0 aliphatic heterocycles. The van der Waals surface area contributed by atoms with Gasteiger partial charge in [0.25, 0.3) is 5.91 Å². The average molecular weight is 338 g/mol.